The monoisotopic (exact) mass is 341 g/mol. The van der Waals surface area contributed by atoms with Gasteiger partial charge in [-0.05, 0) is 12.1 Å². The molecule has 25 heavy (non-hydrogen) atoms. The Bertz CT molecular complexity index is 914. The van der Waals surface area contributed by atoms with E-state index in [4.69, 9.17) is 0 Å². The summed E-state index contributed by atoms with van der Waals surface area (Å²) in [5, 5.41) is 7.31. The number of aromatic amines is 3. The maximum Gasteiger partial charge on any atom is 0.323 e. The van der Waals surface area contributed by atoms with Crippen LogP contribution in [0.3, 0.4) is 0 Å². The second-order valence-corrected chi connectivity index (χ2v) is 6.84. The zero-order valence-corrected chi connectivity index (χ0v) is 14.5. The molecule has 4 rings (SSSR count). The quantitative estimate of drug-likeness (QED) is 0.667. The predicted molar refractivity (Wildman–Crippen MR) is 96.9 cm³/mol. The van der Waals surface area contributed by atoms with Crippen molar-refractivity contribution in [3.8, 4) is 0 Å². The van der Waals surface area contributed by atoms with Gasteiger partial charge in [0.15, 0.2) is 5.82 Å². The summed E-state index contributed by atoms with van der Waals surface area (Å²) >= 11 is 0. The number of nitrogens with one attached hydrogen (secondary N) is 3. The van der Waals surface area contributed by atoms with E-state index < -0.39 is 0 Å². The number of hydrogen-bond donors (Lipinski definition) is 3. The van der Waals surface area contributed by atoms with Crippen LogP contribution < -0.4 is 10.6 Å². The minimum Gasteiger partial charge on any atom is -0.367 e. The lowest BCUT2D eigenvalue weighted by atomic mass is 10.2. The van der Waals surface area contributed by atoms with Crippen LogP contribution in [0.4, 0.5) is 5.69 Å². The molecule has 0 spiro atoms. The molecule has 2 aromatic heterocycles. The van der Waals surface area contributed by atoms with Crippen LogP contribution in [0.5, 0.6) is 0 Å². The van der Waals surface area contributed by atoms with Crippen LogP contribution in [0, 0.1) is 0 Å². The summed E-state index contributed by atoms with van der Waals surface area (Å²) in [7, 11) is 0. The van der Waals surface area contributed by atoms with Gasteiger partial charge >= 0.3 is 5.69 Å². The molecule has 8 nitrogen and oxygen atoms in total. The number of hydrogen-bond acceptors (Lipinski definition) is 5. The van der Waals surface area contributed by atoms with Crippen LogP contribution in [0.1, 0.15) is 31.4 Å². The van der Waals surface area contributed by atoms with Crippen molar-refractivity contribution in [3.63, 3.8) is 0 Å². The van der Waals surface area contributed by atoms with Gasteiger partial charge in [0.2, 0.25) is 0 Å². The zero-order valence-electron chi connectivity index (χ0n) is 14.5. The molecule has 3 N–H and O–H groups in total. The molecule has 0 saturated carbocycles. The summed E-state index contributed by atoms with van der Waals surface area (Å²) in [6.45, 7) is 8.70. The average Bonchev–Trinajstić information content (AvgIpc) is 3.21. The smallest absolute Gasteiger partial charge is 0.323 e. The number of piperazine rings is 1. The van der Waals surface area contributed by atoms with Crippen LogP contribution in [-0.2, 0) is 6.54 Å². The molecular weight excluding hydrogens is 318 g/mol. The first-order valence-electron chi connectivity index (χ1n) is 8.69. The van der Waals surface area contributed by atoms with E-state index in [1.54, 1.807) is 0 Å². The van der Waals surface area contributed by atoms with Crippen molar-refractivity contribution in [2.75, 3.05) is 31.1 Å². The van der Waals surface area contributed by atoms with Gasteiger partial charge in [-0.25, -0.2) is 9.78 Å². The van der Waals surface area contributed by atoms with Crippen molar-refractivity contribution in [1.82, 2.24) is 30.0 Å². The van der Waals surface area contributed by atoms with Gasteiger partial charge in [-0.15, -0.1) is 0 Å². The van der Waals surface area contributed by atoms with Gasteiger partial charge in [0.05, 0.1) is 23.3 Å². The number of imidazole rings is 1. The van der Waals surface area contributed by atoms with E-state index in [2.05, 4.69) is 54.9 Å². The fourth-order valence-electron chi connectivity index (χ4n) is 3.30. The number of anilines is 1. The van der Waals surface area contributed by atoms with Gasteiger partial charge in [-0.3, -0.25) is 10.00 Å². The van der Waals surface area contributed by atoms with E-state index in [9.17, 15) is 4.79 Å². The number of benzene rings is 1. The summed E-state index contributed by atoms with van der Waals surface area (Å²) in [4.78, 5) is 26.6. The number of H-pyrrole nitrogens is 3. The van der Waals surface area contributed by atoms with E-state index in [-0.39, 0.29) is 5.69 Å². The van der Waals surface area contributed by atoms with Gasteiger partial charge in [0, 0.05) is 32.1 Å². The number of aromatic nitrogens is 5. The van der Waals surface area contributed by atoms with Gasteiger partial charge in [0.1, 0.15) is 5.82 Å². The summed E-state index contributed by atoms with van der Waals surface area (Å²) in [6.07, 6.45) is 0. The first-order chi connectivity index (χ1) is 12.1. The Kier molecular flexibility index (Phi) is 4.04. The summed E-state index contributed by atoms with van der Waals surface area (Å²) < 4.78 is 0. The number of para-hydroxylation sites is 1. The zero-order chi connectivity index (χ0) is 17.4. The van der Waals surface area contributed by atoms with Gasteiger partial charge < -0.3 is 14.9 Å². The topological polar surface area (TPSA) is 96.7 Å². The third kappa shape index (κ3) is 3.17. The lowest BCUT2D eigenvalue weighted by Crippen LogP contribution is -2.46. The Morgan fingerprint density at radius 2 is 1.96 bits per heavy atom. The Balaban J connectivity index is 1.43. The van der Waals surface area contributed by atoms with Crippen LogP contribution >= 0.6 is 0 Å². The van der Waals surface area contributed by atoms with E-state index >= 15 is 0 Å². The molecule has 0 unspecified atom stereocenters. The fourth-order valence-corrected chi connectivity index (χ4v) is 3.30. The highest BCUT2D eigenvalue weighted by molar-refractivity contribution is 5.88. The first kappa shape index (κ1) is 15.9. The van der Waals surface area contributed by atoms with Crippen molar-refractivity contribution >= 4 is 16.7 Å². The minimum atomic E-state index is -0.160. The van der Waals surface area contributed by atoms with Gasteiger partial charge in [-0.1, -0.05) is 19.9 Å². The number of nitrogens with zero attached hydrogens (tertiary/aromatic N) is 4. The number of fused-ring (bicyclic) bond motifs is 1. The predicted octanol–water partition coefficient (Wildman–Crippen LogP) is 1.42. The van der Waals surface area contributed by atoms with E-state index in [1.165, 1.54) is 0 Å². The normalized spacial score (nSPS) is 16.2. The van der Waals surface area contributed by atoms with E-state index in [0.29, 0.717) is 5.92 Å². The first-order valence-corrected chi connectivity index (χ1v) is 8.69. The van der Waals surface area contributed by atoms with Crippen molar-refractivity contribution in [2.45, 2.75) is 26.3 Å². The van der Waals surface area contributed by atoms with Crippen LogP contribution in [-0.4, -0.2) is 56.2 Å². The molecule has 1 fully saturated rings. The van der Waals surface area contributed by atoms with Crippen molar-refractivity contribution in [1.29, 1.82) is 0 Å². The lowest BCUT2D eigenvalue weighted by Gasteiger charge is -2.35. The van der Waals surface area contributed by atoms with Gasteiger partial charge in [-0.2, -0.15) is 5.10 Å². The van der Waals surface area contributed by atoms with Crippen molar-refractivity contribution in [3.05, 3.63) is 40.3 Å². The summed E-state index contributed by atoms with van der Waals surface area (Å²) in [6, 6.07) is 5.96. The van der Waals surface area contributed by atoms with Gasteiger partial charge in [0.25, 0.3) is 0 Å². The summed E-state index contributed by atoms with van der Waals surface area (Å²) in [5.74, 6) is 2.14. The Morgan fingerprint density at radius 3 is 2.68 bits per heavy atom. The molecule has 0 amide bonds. The van der Waals surface area contributed by atoms with Crippen LogP contribution in [0.2, 0.25) is 0 Å². The van der Waals surface area contributed by atoms with Crippen LogP contribution in [0.15, 0.2) is 23.0 Å². The molecule has 1 saturated heterocycles. The summed E-state index contributed by atoms with van der Waals surface area (Å²) in [5.41, 5.74) is 2.66. The third-order valence-corrected chi connectivity index (χ3v) is 4.68. The van der Waals surface area contributed by atoms with E-state index in [0.717, 1.165) is 61.1 Å². The highest BCUT2D eigenvalue weighted by atomic mass is 16.1. The molecule has 3 aromatic rings. The maximum absolute atomic E-state index is 11.6. The Morgan fingerprint density at radius 1 is 1.16 bits per heavy atom. The molecule has 1 aliphatic rings. The lowest BCUT2D eigenvalue weighted by molar-refractivity contribution is 0.244. The molecule has 0 bridgehead atoms. The highest BCUT2D eigenvalue weighted by Gasteiger charge is 2.20. The Labute approximate surface area is 145 Å². The fraction of sp³-hybridized carbons (Fsp3) is 0.471. The second kappa shape index (κ2) is 6.36. The minimum absolute atomic E-state index is 0.160. The largest absolute Gasteiger partial charge is 0.367 e. The number of rotatable bonds is 4. The molecule has 1 aliphatic heterocycles. The average molecular weight is 341 g/mol. The van der Waals surface area contributed by atoms with Crippen molar-refractivity contribution < 1.29 is 0 Å². The van der Waals surface area contributed by atoms with Crippen LogP contribution in [0.25, 0.3) is 11.0 Å². The molecular formula is C17H23N7O. The molecule has 0 aliphatic carbocycles. The highest BCUT2D eigenvalue weighted by Crippen LogP contribution is 2.24. The molecule has 0 radical (unpaired) electrons. The Hall–Kier alpha value is -2.61. The molecule has 1 aromatic carbocycles. The molecule has 3 heterocycles. The van der Waals surface area contributed by atoms with Crippen molar-refractivity contribution in [2.24, 2.45) is 0 Å². The SMILES string of the molecule is CC(C)c1n[nH]c(CN2CCN(c3cccc4[nH]c(=O)[nH]c34)CC2)n1. The molecule has 8 heteroatoms. The maximum atomic E-state index is 11.6. The van der Waals surface area contributed by atoms with E-state index in [1.807, 2.05) is 12.1 Å². The second-order valence-electron chi connectivity index (χ2n) is 6.84. The standard InChI is InChI=1S/C17H23N7O/c1-11(2)16-19-14(21-22-16)10-23-6-8-24(9-7-23)13-5-3-4-12-15(13)20-17(25)18-12/h3-5,11H,6-10H2,1-2H3,(H2,18,20,25)(H,19,21,22). The molecule has 132 valence electrons. The molecule has 0 atom stereocenters. The third-order valence-electron chi connectivity index (χ3n) is 4.68.